The minimum atomic E-state index is 0.469. The summed E-state index contributed by atoms with van der Waals surface area (Å²) < 4.78 is 0. The van der Waals surface area contributed by atoms with Crippen LogP contribution in [0.5, 0.6) is 0 Å². The molecule has 0 bridgehead atoms. The van der Waals surface area contributed by atoms with Gasteiger partial charge in [-0.3, -0.25) is 0 Å². The van der Waals surface area contributed by atoms with E-state index in [2.05, 4.69) is 30.6 Å². The SMILES string of the molecule is CSC1CCCC1Nc1cc(C)ccc1C(N)=S. The average Bonchev–Trinajstić information content (AvgIpc) is 2.76. The van der Waals surface area contributed by atoms with Crippen LogP contribution in [0.15, 0.2) is 18.2 Å². The van der Waals surface area contributed by atoms with Crippen LogP contribution in [0.3, 0.4) is 0 Å². The predicted octanol–water partition coefficient (Wildman–Crippen LogP) is 3.33. The average molecular weight is 280 g/mol. The van der Waals surface area contributed by atoms with E-state index in [9.17, 15) is 0 Å². The molecule has 98 valence electrons. The molecule has 0 radical (unpaired) electrons. The maximum Gasteiger partial charge on any atom is 0.106 e. The van der Waals surface area contributed by atoms with Crippen LogP contribution >= 0.6 is 24.0 Å². The summed E-state index contributed by atoms with van der Waals surface area (Å²) in [6.45, 7) is 2.09. The van der Waals surface area contributed by atoms with Gasteiger partial charge in [0.1, 0.15) is 4.99 Å². The van der Waals surface area contributed by atoms with Gasteiger partial charge in [-0.05, 0) is 43.7 Å². The van der Waals surface area contributed by atoms with Crippen LogP contribution in [0.2, 0.25) is 0 Å². The van der Waals surface area contributed by atoms with Crippen LogP contribution in [0.1, 0.15) is 30.4 Å². The summed E-state index contributed by atoms with van der Waals surface area (Å²) in [6.07, 6.45) is 6.02. The summed E-state index contributed by atoms with van der Waals surface area (Å²) in [6, 6.07) is 6.75. The highest BCUT2D eigenvalue weighted by Crippen LogP contribution is 2.31. The van der Waals surface area contributed by atoms with Crippen LogP contribution in [0.25, 0.3) is 0 Å². The third kappa shape index (κ3) is 2.98. The second-order valence-corrected chi connectivity index (χ2v) is 6.39. The number of hydrogen-bond acceptors (Lipinski definition) is 3. The lowest BCUT2D eigenvalue weighted by atomic mass is 10.1. The minimum absolute atomic E-state index is 0.469. The normalized spacial score (nSPS) is 23.0. The molecule has 4 heteroatoms. The Hall–Kier alpha value is -0.740. The van der Waals surface area contributed by atoms with Crippen LogP contribution in [0, 0.1) is 6.92 Å². The van der Waals surface area contributed by atoms with Gasteiger partial charge in [0, 0.05) is 22.5 Å². The van der Waals surface area contributed by atoms with Gasteiger partial charge >= 0.3 is 0 Å². The molecule has 1 aromatic rings. The molecular weight excluding hydrogens is 260 g/mol. The van der Waals surface area contributed by atoms with Crippen molar-refractivity contribution < 1.29 is 0 Å². The fourth-order valence-corrected chi connectivity index (χ4v) is 3.68. The van der Waals surface area contributed by atoms with E-state index in [1.54, 1.807) is 0 Å². The van der Waals surface area contributed by atoms with Crippen molar-refractivity contribution in [2.24, 2.45) is 5.73 Å². The van der Waals surface area contributed by atoms with Crippen LogP contribution in [-0.2, 0) is 0 Å². The third-order valence-electron chi connectivity index (χ3n) is 3.54. The van der Waals surface area contributed by atoms with Crippen molar-refractivity contribution in [3.8, 4) is 0 Å². The molecule has 2 unspecified atom stereocenters. The lowest BCUT2D eigenvalue weighted by molar-refractivity contribution is 0.768. The molecule has 0 amide bonds. The largest absolute Gasteiger partial charge is 0.389 e. The Bertz CT molecular complexity index is 445. The Morgan fingerprint density at radius 1 is 1.44 bits per heavy atom. The highest BCUT2D eigenvalue weighted by Gasteiger charge is 2.26. The molecule has 1 aliphatic rings. The van der Waals surface area contributed by atoms with Crippen molar-refractivity contribution in [1.82, 2.24) is 0 Å². The fourth-order valence-electron chi connectivity index (χ4n) is 2.57. The molecule has 0 spiro atoms. The highest BCUT2D eigenvalue weighted by atomic mass is 32.2. The van der Waals surface area contributed by atoms with E-state index >= 15 is 0 Å². The van der Waals surface area contributed by atoms with E-state index < -0.39 is 0 Å². The molecule has 0 heterocycles. The molecule has 1 aromatic carbocycles. The van der Waals surface area contributed by atoms with Gasteiger partial charge in [0.25, 0.3) is 0 Å². The second-order valence-electron chi connectivity index (χ2n) is 4.87. The molecule has 3 N–H and O–H groups in total. The zero-order valence-electron chi connectivity index (χ0n) is 10.9. The summed E-state index contributed by atoms with van der Waals surface area (Å²) in [5.41, 5.74) is 9.08. The lowest BCUT2D eigenvalue weighted by Crippen LogP contribution is -2.27. The van der Waals surface area contributed by atoms with Gasteiger partial charge in [0.2, 0.25) is 0 Å². The van der Waals surface area contributed by atoms with Gasteiger partial charge in [-0.15, -0.1) is 0 Å². The molecule has 0 saturated heterocycles. The third-order valence-corrected chi connectivity index (χ3v) is 4.93. The van der Waals surface area contributed by atoms with Crippen molar-refractivity contribution in [1.29, 1.82) is 0 Å². The Morgan fingerprint density at radius 2 is 2.22 bits per heavy atom. The number of hydrogen-bond donors (Lipinski definition) is 2. The van der Waals surface area contributed by atoms with Gasteiger partial charge in [-0.25, -0.2) is 0 Å². The van der Waals surface area contributed by atoms with Gasteiger partial charge in [-0.1, -0.05) is 24.7 Å². The zero-order chi connectivity index (χ0) is 13.1. The van der Waals surface area contributed by atoms with Gasteiger partial charge in [0.05, 0.1) is 0 Å². The molecule has 1 saturated carbocycles. The topological polar surface area (TPSA) is 38.0 Å². The maximum atomic E-state index is 5.79. The Labute approximate surface area is 119 Å². The molecule has 2 atom stereocenters. The summed E-state index contributed by atoms with van der Waals surface area (Å²) in [4.78, 5) is 0.469. The van der Waals surface area contributed by atoms with Crippen LogP contribution in [-0.4, -0.2) is 22.5 Å². The van der Waals surface area contributed by atoms with E-state index in [-0.39, 0.29) is 0 Å². The van der Waals surface area contributed by atoms with Crippen molar-refractivity contribution in [3.05, 3.63) is 29.3 Å². The van der Waals surface area contributed by atoms with E-state index in [4.69, 9.17) is 18.0 Å². The van der Waals surface area contributed by atoms with Crippen molar-refractivity contribution >= 4 is 34.7 Å². The molecule has 18 heavy (non-hydrogen) atoms. The van der Waals surface area contributed by atoms with Crippen LogP contribution in [0.4, 0.5) is 5.69 Å². The monoisotopic (exact) mass is 280 g/mol. The van der Waals surface area contributed by atoms with E-state index in [0.717, 1.165) is 11.3 Å². The Kier molecular flexibility index (Phi) is 4.51. The smallest absolute Gasteiger partial charge is 0.106 e. The fraction of sp³-hybridized carbons (Fsp3) is 0.500. The molecule has 2 rings (SSSR count). The first kappa shape index (κ1) is 13.7. The number of anilines is 1. The van der Waals surface area contributed by atoms with Gasteiger partial charge in [-0.2, -0.15) is 11.8 Å². The number of thioether (sulfide) groups is 1. The summed E-state index contributed by atoms with van der Waals surface area (Å²) in [7, 11) is 0. The lowest BCUT2D eigenvalue weighted by Gasteiger charge is -2.22. The van der Waals surface area contributed by atoms with Gasteiger partial charge < -0.3 is 11.1 Å². The molecule has 0 aromatic heterocycles. The standard InChI is InChI=1S/C14H20N2S2/c1-9-6-7-10(14(15)17)12(8-9)16-11-4-3-5-13(11)18-2/h6-8,11,13,16H,3-5H2,1-2H3,(H2,15,17). The molecule has 0 aliphatic heterocycles. The predicted molar refractivity (Wildman–Crippen MR) is 85.6 cm³/mol. The number of nitrogens with two attached hydrogens (primary N) is 1. The minimum Gasteiger partial charge on any atom is -0.389 e. The first-order valence-electron chi connectivity index (χ1n) is 6.31. The zero-order valence-corrected chi connectivity index (χ0v) is 12.5. The number of nitrogens with one attached hydrogen (secondary N) is 1. The molecular formula is C14H20N2S2. The number of thiocarbonyl (C=S) groups is 1. The quantitative estimate of drug-likeness (QED) is 0.830. The highest BCUT2D eigenvalue weighted by molar-refractivity contribution is 7.99. The van der Waals surface area contributed by atoms with Crippen LogP contribution < -0.4 is 11.1 Å². The number of aryl methyl sites for hydroxylation is 1. The first-order chi connectivity index (χ1) is 8.61. The molecule has 1 aliphatic carbocycles. The number of rotatable bonds is 4. The number of benzene rings is 1. The van der Waals surface area contributed by atoms with E-state index in [1.807, 2.05) is 17.8 Å². The van der Waals surface area contributed by atoms with E-state index in [1.165, 1.54) is 24.8 Å². The Morgan fingerprint density at radius 3 is 2.89 bits per heavy atom. The second kappa shape index (κ2) is 5.93. The van der Waals surface area contributed by atoms with Crippen molar-refractivity contribution in [2.45, 2.75) is 37.5 Å². The van der Waals surface area contributed by atoms with Crippen molar-refractivity contribution in [3.63, 3.8) is 0 Å². The first-order valence-corrected chi connectivity index (χ1v) is 8.01. The molecule has 2 nitrogen and oxygen atoms in total. The summed E-state index contributed by atoms with van der Waals surface area (Å²) in [5, 5.41) is 4.34. The Balaban J connectivity index is 2.22. The van der Waals surface area contributed by atoms with Gasteiger partial charge in [0.15, 0.2) is 0 Å². The summed E-state index contributed by atoms with van der Waals surface area (Å²) in [5.74, 6) is 0. The maximum absolute atomic E-state index is 5.79. The molecule has 1 fully saturated rings. The summed E-state index contributed by atoms with van der Waals surface area (Å²) >= 11 is 7.08. The van der Waals surface area contributed by atoms with E-state index in [0.29, 0.717) is 16.3 Å². The van der Waals surface area contributed by atoms with Crippen molar-refractivity contribution in [2.75, 3.05) is 11.6 Å².